The average molecular weight is 177 g/mol. The van der Waals surface area contributed by atoms with E-state index in [0.29, 0.717) is 5.65 Å². The van der Waals surface area contributed by atoms with Crippen LogP contribution < -0.4 is 10.5 Å². The minimum atomic E-state index is -0.151. The lowest BCUT2D eigenvalue weighted by Crippen LogP contribution is -2.23. The van der Waals surface area contributed by atoms with Gasteiger partial charge in [-0.2, -0.15) is 4.40 Å². The number of hydrogen-bond donors (Lipinski definition) is 1. The molecule has 0 aliphatic carbocycles. The number of aromatic hydroxyl groups is 1. The van der Waals surface area contributed by atoms with E-state index >= 15 is 0 Å². The van der Waals surface area contributed by atoms with Crippen LogP contribution in [-0.4, -0.2) is 9.51 Å². The maximum Gasteiger partial charge on any atom is 0.342 e. The zero-order valence-corrected chi connectivity index (χ0v) is 7.11. The fourth-order valence-electron chi connectivity index (χ4n) is 1.28. The van der Waals surface area contributed by atoms with Crippen LogP contribution in [-0.2, 0) is 0 Å². The number of H-pyrrole nitrogens is 1. The van der Waals surface area contributed by atoms with Crippen LogP contribution >= 0.6 is 0 Å². The Kier molecular flexibility index (Phi) is 1.55. The fraction of sp³-hybridized carbons (Fsp3) is 0.111. The Morgan fingerprint density at radius 3 is 3.08 bits per heavy atom. The van der Waals surface area contributed by atoms with Crippen molar-refractivity contribution in [1.29, 1.82) is 0 Å². The number of aromatic amines is 1. The predicted octanol–water partition coefficient (Wildman–Crippen LogP) is 0.128. The Balaban J connectivity index is 3.03. The van der Waals surface area contributed by atoms with Gasteiger partial charge in [0.15, 0.2) is 0 Å². The molecule has 0 saturated carbocycles. The average Bonchev–Trinajstić information content (AvgIpc) is 2.07. The topological polar surface area (TPSA) is 55.9 Å². The molecule has 0 aromatic carbocycles. The minimum absolute atomic E-state index is 0.0725. The van der Waals surface area contributed by atoms with Gasteiger partial charge in [0.1, 0.15) is 11.9 Å². The zero-order valence-electron chi connectivity index (χ0n) is 7.11. The summed E-state index contributed by atoms with van der Waals surface area (Å²) >= 11 is 0. The van der Waals surface area contributed by atoms with Gasteiger partial charge in [-0.3, -0.25) is 0 Å². The standard InChI is InChI=1S/C9H8N2O2/c1-6-5-8(13)11-4-2-3-7(12)9(11)10-6/h2-5,12H,1H3/p+1. The van der Waals surface area contributed by atoms with Crippen molar-refractivity contribution < 1.29 is 10.1 Å². The third-order valence-electron chi connectivity index (χ3n) is 1.87. The number of aromatic nitrogens is 2. The van der Waals surface area contributed by atoms with Crippen LogP contribution in [0.5, 0.6) is 5.75 Å². The first kappa shape index (κ1) is 7.79. The van der Waals surface area contributed by atoms with E-state index in [9.17, 15) is 9.90 Å². The van der Waals surface area contributed by atoms with Crippen LogP contribution in [0.2, 0.25) is 0 Å². The molecule has 0 unspecified atom stereocenters. The molecule has 2 N–H and O–H groups in total. The molecule has 0 aliphatic heterocycles. The molecule has 0 amide bonds. The summed E-state index contributed by atoms with van der Waals surface area (Å²) in [5, 5.41) is 9.43. The summed E-state index contributed by atoms with van der Waals surface area (Å²) < 4.78 is 1.36. The summed E-state index contributed by atoms with van der Waals surface area (Å²) in [6, 6.07) is 4.63. The summed E-state index contributed by atoms with van der Waals surface area (Å²) in [4.78, 5) is 14.3. The van der Waals surface area contributed by atoms with Crippen molar-refractivity contribution in [3.05, 3.63) is 40.4 Å². The third-order valence-corrected chi connectivity index (χ3v) is 1.87. The van der Waals surface area contributed by atoms with E-state index in [4.69, 9.17) is 0 Å². The Morgan fingerprint density at radius 1 is 1.54 bits per heavy atom. The van der Waals surface area contributed by atoms with Gasteiger partial charge in [0, 0.05) is 0 Å². The number of nitrogens with zero attached hydrogens (tertiary/aromatic N) is 1. The first-order valence-corrected chi connectivity index (χ1v) is 3.92. The molecule has 0 spiro atoms. The molecule has 0 bridgehead atoms. The first-order valence-electron chi connectivity index (χ1n) is 3.92. The number of hydrogen-bond acceptors (Lipinski definition) is 2. The molecule has 0 saturated heterocycles. The zero-order chi connectivity index (χ0) is 9.42. The molecule has 0 aliphatic rings. The number of pyridine rings is 1. The molecule has 0 fully saturated rings. The number of rotatable bonds is 0. The van der Waals surface area contributed by atoms with Crippen LogP contribution in [0.3, 0.4) is 0 Å². The van der Waals surface area contributed by atoms with Crippen LogP contribution in [0.4, 0.5) is 0 Å². The SMILES string of the molecule is Cc1cc(=O)n2cccc(O)c2[nH+]1. The van der Waals surface area contributed by atoms with Crippen LogP contribution in [0, 0.1) is 6.92 Å². The minimum Gasteiger partial charge on any atom is -0.501 e. The van der Waals surface area contributed by atoms with Gasteiger partial charge in [0.25, 0.3) is 0 Å². The largest absolute Gasteiger partial charge is 0.501 e. The van der Waals surface area contributed by atoms with Gasteiger partial charge < -0.3 is 5.11 Å². The van der Waals surface area contributed by atoms with E-state index in [1.807, 2.05) is 0 Å². The van der Waals surface area contributed by atoms with E-state index in [1.165, 1.54) is 16.5 Å². The van der Waals surface area contributed by atoms with Gasteiger partial charge in [0.2, 0.25) is 5.75 Å². The Labute approximate surface area is 74.1 Å². The second-order valence-corrected chi connectivity index (χ2v) is 2.90. The van der Waals surface area contributed by atoms with Crippen molar-refractivity contribution in [3.8, 4) is 5.75 Å². The highest BCUT2D eigenvalue weighted by molar-refractivity contribution is 5.46. The second kappa shape index (κ2) is 2.58. The Morgan fingerprint density at radius 2 is 2.31 bits per heavy atom. The molecular formula is C9H9N2O2+. The van der Waals surface area contributed by atoms with E-state index in [1.54, 1.807) is 19.2 Å². The smallest absolute Gasteiger partial charge is 0.342 e. The summed E-state index contributed by atoms with van der Waals surface area (Å²) in [6.45, 7) is 1.77. The number of aryl methyl sites for hydroxylation is 1. The highest BCUT2D eigenvalue weighted by atomic mass is 16.3. The molecule has 2 aromatic heterocycles. The van der Waals surface area contributed by atoms with Crippen LogP contribution in [0.1, 0.15) is 5.69 Å². The van der Waals surface area contributed by atoms with Crippen molar-refractivity contribution >= 4 is 5.65 Å². The first-order chi connectivity index (χ1) is 6.18. The third kappa shape index (κ3) is 1.16. The van der Waals surface area contributed by atoms with Crippen molar-refractivity contribution in [2.75, 3.05) is 0 Å². The monoisotopic (exact) mass is 177 g/mol. The molecule has 4 nitrogen and oxygen atoms in total. The van der Waals surface area contributed by atoms with Gasteiger partial charge in [-0.05, 0) is 19.1 Å². The van der Waals surface area contributed by atoms with Crippen molar-refractivity contribution in [2.24, 2.45) is 0 Å². The molecule has 13 heavy (non-hydrogen) atoms. The normalized spacial score (nSPS) is 10.5. The van der Waals surface area contributed by atoms with Gasteiger partial charge in [0.05, 0.1) is 6.07 Å². The lowest BCUT2D eigenvalue weighted by atomic mass is 10.4. The quantitative estimate of drug-likeness (QED) is 0.621. The Hall–Kier alpha value is -1.84. The molecular weight excluding hydrogens is 168 g/mol. The predicted molar refractivity (Wildman–Crippen MR) is 46.6 cm³/mol. The molecule has 0 radical (unpaired) electrons. The van der Waals surface area contributed by atoms with E-state index < -0.39 is 0 Å². The molecule has 2 aromatic rings. The van der Waals surface area contributed by atoms with Gasteiger partial charge in [-0.15, -0.1) is 0 Å². The van der Waals surface area contributed by atoms with Gasteiger partial charge in [-0.1, -0.05) is 0 Å². The van der Waals surface area contributed by atoms with Crippen molar-refractivity contribution in [3.63, 3.8) is 0 Å². The highest BCUT2D eigenvalue weighted by Gasteiger charge is 2.09. The lowest BCUT2D eigenvalue weighted by Gasteiger charge is -1.94. The van der Waals surface area contributed by atoms with E-state index in [0.717, 1.165) is 5.69 Å². The summed E-state index contributed by atoms with van der Waals surface area (Å²) in [7, 11) is 0. The van der Waals surface area contributed by atoms with E-state index in [-0.39, 0.29) is 11.3 Å². The van der Waals surface area contributed by atoms with Gasteiger partial charge in [-0.25, -0.2) is 9.78 Å². The second-order valence-electron chi connectivity index (χ2n) is 2.90. The van der Waals surface area contributed by atoms with E-state index in [2.05, 4.69) is 4.98 Å². The molecule has 2 rings (SSSR count). The fourth-order valence-corrected chi connectivity index (χ4v) is 1.28. The molecule has 2 heterocycles. The summed E-state index contributed by atoms with van der Waals surface area (Å²) in [6.07, 6.45) is 1.60. The van der Waals surface area contributed by atoms with Crippen LogP contribution in [0.15, 0.2) is 29.2 Å². The molecule has 66 valence electrons. The maximum absolute atomic E-state index is 11.4. The summed E-state index contributed by atoms with van der Waals surface area (Å²) in [5.74, 6) is 0.0725. The number of fused-ring (bicyclic) bond motifs is 1. The summed E-state index contributed by atoms with van der Waals surface area (Å²) in [5.41, 5.74) is 1.00. The number of nitrogens with one attached hydrogen (secondary N) is 1. The molecule has 0 atom stereocenters. The van der Waals surface area contributed by atoms with Crippen molar-refractivity contribution in [2.45, 2.75) is 6.92 Å². The maximum atomic E-state index is 11.4. The van der Waals surface area contributed by atoms with Crippen LogP contribution in [0.25, 0.3) is 5.65 Å². The lowest BCUT2D eigenvalue weighted by molar-refractivity contribution is -0.361. The molecule has 4 heteroatoms. The Bertz CT molecular complexity index is 516. The van der Waals surface area contributed by atoms with Gasteiger partial charge >= 0.3 is 11.2 Å². The van der Waals surface area contributed by atoms with Crippen molar-refractivity contribution in [1.82, 2.24) is 4.40 Å². The highest BCUT2D eigenvalue weighted by Crippen LogP contribution is 2.10.